The first-order valence-electron chi connectivity index (χ1n) is 14.1. The molecule has 0 aliphatic carbocycles. The number of halogens is 2. The molecule has 1 atom stereocenters. The predicted molar refractivity (Wildman–Crippen MR) is 179 cm³/mol. The lowest BCUT2D eigenvalue weighted by Crippen LogP contribution is -2.56. The lowest BCUT2D eigenvalue weighted by Gasteiger charge is -2.35. The second-order valence-corrected chi connectivity index (χ2v) is 14.5. The maximum absolute atomic E-state index is 15.0. The second-order valence-electron chi connectivity index (χ2n) is 11.4. The Kier molecular flexibility index (Phi) is 10.8. The summed E-state index contributed by atoms with van der Waals surface area (Å²) in [7, 11) is -4.20. The molecule has 1 N–H and O–H groups in total. The van der Waals surface area contributed by atoms with Gasteiger partial charge >= 0.3 is 0 Å². The first-order valence-corrected chi connectivity index (χ1v) is 16.6. The molecule has 0 unspecified atom stereocenters. The van der Waals surface area contributed by atoms with E-state index in [1.165, 1.54) is 23.1 Å². The van der Waals surface area contributed by atoms with E-state index < -0.39 is 45.8 Å². The van der Waals surface area contributed by atoms with Crippen LogP contribution in [0.15, 0.2) is 114 Å². The molecule has 4 aromatic carbocycles. The lowest BCUT2D eigenvalue weighted by atomic mass is 10.0. The minimum Gasteiger partial charge on any atom is -0.350 e. The monoisotopic (exact) mass is 727 g/mol. The Balaban J connectivity index is 1.82. The third-order valence-electron chi connectivity index (χ3n) is 6.79. The van der Waals surface area contributed by atoms with E-state index in [4.69, 9.17) is 0 Å². The van der Waals surface area contributed by atoms with E-state index in [0.29, 0.717) is 0 Å². The average molecular weight is 728 g/mol. The largest absolute Gasteiger partial charge is 0.350 e. The van der Waals surface area contributed by atoms with Crippen LogP contribution in [0.3, 0.4) is 0 Å². The summed E-state index contributed by atoms with van der Waals surface area (Å²) < 4.78 is 44.9. The fraction of sp³-hybridized carbons (Fsp3) is 0.235. The number of amides is 2. The molecule has 0 saturated heterocycles. The Morgan fingerprint density at radius 2 is 1.41 bits per heavy atom. The van der Waals surface area contributed by atoms with Gasteiger partial charge in [-0.3, -0.25) is 13.9 Å². The van der Waals surface area contributed by atoms with Crippen molar-refractivity contribution < 1.29 is 22.4 Å². The number of nitrogens with zero attached hydrogens (tertiary/aromatic N) is 2. The van der Waals surface area contributed by atoms with Gasteiger partial charge in [-0.2, -0.15) is 0 Å². The Labute approximate surface area is 272 Å². The van der Waals surface area contributed by atoms with Crippen molar-refractivity contribution in [1.29, 1.82) is 0 Å². The maximum atomic E-state index is 15.0. The van der Waals surface area contributed by atoms with Crippen molar-refractivity contribution in [3.8, 4) is 0 Å². The van der Waals surface area contributed by atoms with E-state index in [1.54, 1.807) is 60.7 Å². The van der Waals surface area contributed by atoms with Gasteiger partial charge in [0, 0.05) is 27.6 Å². The molecule has 0 bridgehead atoms. The molecule has 0 aromatic heterocycles. The zero-order valence-corrected chi connectivity index (χ0v) is 27.8. The molecule has 0 aliphatic heterocycles. The van der Waals surface area contributed by atoms with Crippen LogP contribution in [-0.2, 0) is 32.6 Å². The highest BCUT2D eigenvalue weighted by molar-refractivity contribution is 14.1. The molecule has 0 radical (unpaired) electrons. The molecule has 2 amide bonds. The van der Waals surface area contributed by atoms with Crippen molar-refractivity contribution in [2.24, 2.45) is 0 Å². The number of hydrogen-bond donors (Lipinski definition) is 1. The Morgan fingerprint density at radius 3 is 2.00 bits per heavy atom. The van der Waals surface area contributed by atoms with E-state index in [-0.39, 0.29) is 29.1 Å². The molecule has 0 saturated carbocycles. The summed E-state index contributed by atoms with van der Waals surface area (Å²) in [4.78, 5) is 29.6. The maximum Gasteiger partial charge on any atom is 0.264 e. The molecular formula is C34H35FIN3O4S. The van der Waals surface area contributed by atoms with Gasteiger partial charge in [0.1, 0.15) is 18.4 Å². The molecule has 0 fully saturated rings. The molecule has 4 aromatic rings. The van der Waals surface area contributed by atoms with Gasteiger partial charge in [0.2, 0.25) is 11.8 Å². The van der Waals surface area contributed by atoms with E-state index in [0.717, 1.165) is 13.4 Å². The van der Waals surface area contributed by atoms with Crippen LogP contribution in [0.1, 0.15) is 31.9 Å². The van der Waals surface area contributed by atoms with Crippen LogP contribution < -0.4 is 9.62 Å². The lowest BCUT2D eigenvalue weighted by molar-refractivity contribution is -0.140. The number of hydrogen-bond acceptors (Lipinski definition) is 4. The molecule has 0 heterocycles. The number of carbonyl (C=O) groups excluding carboxylic acids is 2. The van der Waals surface area contributed by atoms with Gasteiger partial charge in [0.05, 0.1) is 10.6 Å². The van der Waals surface area contributed by atoms with Crippen LogP contribution in [-0.4, -0.2) is 43.3 Å². The molecule has 44 heavy (non-hydrogen) atoms. The molecule has 0 aliphatic rings. The molecule has 4 rings (SSSR count). The molecule has 10 heteroatoms. The Morgan fingerprint density at radius 1 is 0.841 bits per heavy atom. The highest BCUT2D eigenvalue weighted by atomic mass is 127. The van der Waals surface area contributed by atoms with Crippen LogP contribution in [0.4, 0.5) is 10.1 Å². The average Bonchev–Trinajstić information content (AvgIpc) is 2.99. The normalized spacial score (nSPS) is 12.3. The van der Waals surface area contributed by atoms with Gasteiger partial charge in [-0.1, -0.05) is 66.7 Å². The van der Waals surface area contributed by atoms with Crippen LogP contribution in [0, 0.1) is 9.39 Å². The van der Waals surface area contributed by atoms with Crippen molar-refractivity contribution >= 4 is 50.1 Å². The van der Waals surface area contributed by atoms with Gasteiger partial charge in [0.15, 0.2) is 0 Å². The summed E-state index contributed by atoms with van der Waals surface area (Å²) in [6.45, 7) is 4.64. The van der Waals surface area contributed by atoms with Crippen molar-refractivity contribution in [2.75, 3.05) is 10.8 Å². The zero-order chi connectivity index (χ0) is 31.9. The standard InChI is InChI=1S/C34H35FIN3O4S/c1-34(2,3)37-33(41)31(22-25-12-6-4-7-13-25)38(23-26-14-10-11-17-30(26)35)32(40)24-39(28-20-18-27(36)19-21-28)44(42,43)29-15-8-5-9-16-29/h4-21,31H,22-24H2,1-3H3,(H,37,41)/t31-/m0/s1. The van der Waals surface area contributed by atoms with Gasteiger partial charge in [-0.05, 0) is 91.4 Å². The Hall–Kier alpha value is -3.77. The topological polar surface area (TPSA) is 86.8 Å². The summed E-state index contributed by atoms with van der Waals surface area (Å²) in [5, 5.41) is 2.96. The van der Waals surface area contributed by atoms with Gasteiger partial charge in [0.25, 0.3) is 10.0 Å². The van der Waals surface area contributed by atoms with Crippen LogP contribution in [0.5, 0.6) is 0 Å². The number of sulfonamides is 1. The van der Waals surface area contributed by atoms with E-state index >= 15 is 4.39 Å². The third-order valence-corrected chi connectivity index (χ3v) is 9.30. The number of benzene rings is 4. The number of rotatable bonds is 11. The van der Waals surface area contributed by atoms with E-state index in [9.17, 15) is 18.0 Å². The number of anilines is 1. The molecule has 0 spiro atoms. The van der Waals surface area contributed by atoms with Gasteiger partial charge in [-0.25, -0.2) is 12.8 Å². The summed E-state index contributed by atoms with van der Waals surface area (Å²) in [5.41, 5.74) is 0.656. The third kappa shape index (κ3) is 8.66. The highest BCUT2D eigenvalue weighted by Crippen LogP contribution is 2.26. The minimum absolute atomic E-state index is 0.0123. The summed E-state index contributed by atoms with van der Waals surface area (Å²) >= 11 is 2.12. The van der Waals surface area contributed by atoms with Crippen molar-refractivity contribution in [2.45, 2.75) is 50.2 Å². The fourth-order valence-electron chi connectivity index (χ4n) is 4.67. The van der Waals surface area contributed by atoms with Crippen molar-refractivity contribution in [1.82, 2.24) is 10.2 Å². The summed E-state index contributed by atoms with van der Waals surface area (Å²) in [6, 6.07) is 28.8. The summed E-state index contributed by atoms with van der Waals surface area (Å²) in [5.74, 6) is -1.62. The number of nitrogens with one attached hydrogen (secondary N) is 1. The fourth-order valence-corrected chi connectivity index (χ4v) is 6.47. The van der Waals surface area contributed by atoms with Crippen LogP contribution >= 0.6 is 22.6 Å². The van der Waals surface area contributed by atoms with Crippen molar-refractivity contribution in [3.05, 3.63) is 130 Å². The second kappa shape index (κ2) is 14.3. The van der Waals surface area contributed by atoms with Crippen LogP contribution in [0.2, 0.25) is 0 Å². The zero-order valence-electron chi connectivity index (χ0n) is 24.8. The van der Waals surface area contributed by atoms with Gasteiger partial charge < -0.3 is 10.2 Å². The smallest absolute Gasteiger partial charge is 0.264 e. The quantitative estimate of drug-likeness (QED) is 0.187. The summed E-state index contributed by atoms with van der Waals surface area (Å²) in [6.07, 6.45) is 0.137. The minimum atomic E-state index is -4.20. The Bertz CT molecular complexity index is 1680. The van der Waals surface area contributed by atoms with Crippen LogP contribution in [0.25, 0.3) is 0 Å². The van der Waals surface area contributed by atoms with Gasteiger partial charge in [-0.15, -0.1) is 0 Å². The van der Waals surface area contributed by atoms with E-state index in [1.807, 2.05) is 51.1 Å². The highest BCUT2D eigenvalue weighted by Gasteiger charge is 2.36. The number of carbonyl (C=O) groups is 2. The van der Waals surface area contributed by atoms with Crippen molar-refractivity contribution in [3.63, 3.8) is 0 Å². The first kappa shape index (κ1) is 33.1. The predicted octanol–water partition coefficient (Wildman–Crippen LogP) is 6.18. The SMILES string of the molecule is CC(C)(C)NC(=O)[C@H](Cc1ccccc1)N(Cc1ccccc1F)C(=O)CN(c1ccc(I)cc1)S(=O)(=O)c1ccccc1. The molecule has 230 valence electrons. The first-order chi connectivity index (χ1) is 20.8. The molecular weight excluding hydrogens is 692 g/mol. The molecule has 7 nitrogen and oxygen atoms in total. The van der Waals surface area contributed by atoms with E-state index in [2.05, 4.69) is 27.9 Å².